The van der Waals surface area contributed by atoms with E-state index < -0.39 is 0 Å². The second-order valence-corrected chi connectivity index (χ2v) is 6.27. The molecule has 1 aromatic carbocycles. The zero-order valence-electron chi connectivity index (χ0n) is 12.5. The fourth-order valence-corrected chi connectivity index (χ4v) is 3.26. The Balaban J connectivity index is 1.52. The molecule has 0 spiro atoms. The van der Waals surface area contributed by atoms with E-state index in [1.807, 2.05) is 35.7 Å². The van der Waals surface area contributed by atoms with Crippen LogP contribution in [0.25, 0.3) is 0 Å². The molecule has 3 rings (SSSR count). The number of benzene rings is 1. The molecule has 0 bridgehead atoms. The van der Waals surface area contributed by atoms with Crippen LogP contribution in [-0.4, -0.2) is 31.0 Å². The van der Waals surface area contributed by atoms with Crippen LogP contribution in [0.15, 0.2) is 47.8 Å². The molecule has 23 heavy (non-hydrogen) atoms. The van der Waals surface area contributed by atoms with Gasteiger partial charge in [-0.15, -0.1) is 11.3 Å². The van der Waals surface area contributed by atoms with E-state index in [4.69, 9.17) is 4.74 Å². The van der Waals surface area contributed by atoms with Crippen molar-refractivity contribution in [2.45, 2.75) is 18.6 Å². The molecule has 2 heterocycles. The van der Waals surface area contributed by atoms with Crippen molar-refractivity contribution in [3.63, 3.8) is 0 Å². The van der Waals surface area contributed by atoms with Crippen molar-refractivity contribution in [2.75, 3.05) is 13.2 Å². The summed E-state index contributed by atoms with van der Waals surface area (Å²) in [7, 11) is 0. The minimum Gasteiger partial charge on any atom is -0.371 e. The molecule has 2 atom stereocenters. The number of thiophene rings is 1. The van der Waals surface area contributed by atoms with Crippen molar-refractivity contribution >= 4 is 23.2 Å². The van der Waals surface area contributed by atoms with E-state index >= 15 is 0 Å². The summed E-state index contributed by atoms with van der Waals surface area (Å²) in [4.78, 5) is 24.5. The van der Waals surface area contributed by atoms with Crippen LogP contribution in [0.1, 0.15) is 27.8 Å². The summed E-state index contributed by atoms with van der Waals surface area (Å²) in [6, 6.07) is 13.3. The van der Waals surface area contributed by atoms with Gasteiger partial charge in [-0.25, -0.2) is 0 Å². The standard InChI is InChI=1S/C17H18N2O3S/c20-15(11-18-17(21)14-7-4-10-23-14)19-13-8-9-22-16(13)12-5-2-1-3-6-12/h1-7,10,13,16H,8-9,11H2,(H,18,21)(H,19,20)/t13-,16-/m0/s1. The fraction of sp³-hybridized carbons (Fsp3) is 0.294. The van der Waals surface area contributed by atoms with Crippen LogP contribution in [0.4, 0.5) is 0 Å². The first kappa shape index (κ1) is 15.7. The molecule has 1 aliphatic heterocycles. The zero-order chi connectivity index (χ0) is 16.1. The summed E-state index contributed by atoms with van der Waals surface area (Å²) in [6.45, 7) is 0.584. The van der Waals surface area contributed by atoms with Gasteiger partial charge < -0.3 is 15.4 Å². The van der Waals surface area contributed by atoms with Crippen LogP contribution in [0.5, 0.6) is 0 Å². The molecule has 2 N–H and O–H groups in total. The number of rotatable bonds is 5. The minimum atomic E-state index is -0.225. The number of carbonyl (C=O) groups excluding carboxylic acids is 2. The van der Waals surface area contributed by atoms with Crippen molar-refractivity contribution in [2.24, 2.45) is 0 Å². The van der Waals surface area contributed by atoms with Crippen LogP contribution in [0.3, 0.4) is 0 Å². The third-order valence-electron chi connectivity index (χ3n) is 3.72. The van der Waals surface area contributed by atoms with Crippen molar-refractivity contribution in [1.82, 2.24) is 10.6 Å². The van der Waals surface area contributed by atoms with E-state index in [1.165, 1.54) is 11.3 Å². The van der Waals surface area contributed by atoms with Crippen molar-refractivity contribution in [1.29, 1.82) is 0 Å². The van der Waals surface area contributed by atoms with Gasteiger partial charge in [0.1, 0.15) is 6.10 Å². The molecule has 0 saturated carbocycles. The third kappa shape index (κ3) is 3.97. The highest BCUT2D eigenvalue weighted by Gasteiger charge is 2.30. The molecule has 6 heteroatoms. The van der Waals surface area contributed by atoms with Gasteiger partial charge >= 0.3 is 0 Å². The highest BCUT2D eigenvalue weighted by atomic mass is 32.1. The van der Waals surface area contributed by atoms with Crippen LogP contribution in [0, 0.1) is 0 Å². The van der Waals surface area contributed by atoms with Crippen LogP contribution in [0.2, 0.25) is 0 Å². The molecule has 2 aromatic rings. The van der Waals surface area contributed by atoms with Gasteiger partial charge in [-0.05, 0) is 23.4 Å². The van der Waals surface area contributed by atoms with Gasteiger partial charge in [0.2, 0.25) is 5.91 Å². The normalized spacial score (nSPS) is 20.2. The van der Waals surface area contributed by atoms with Gasteiger partial charge in [0.25, 0.3) is 5.91 Å². The number of nitrogens with one attached hydrogen (secondary N) is 2. The van der Waals surface area contributed by atoms with E-state index in [0.29, 0.717) is 11.5 Å². The molecule has 2 amide bonds. The minimum absolute atomic E-state index is 0.0330. The molecule has 0 radical (unpaired) electrons. The summed E-state index contributed by atoms with van der Waals surface area (Å²) < 4.78 is 5.74. The Labute approximate surface area is 138 Å². The number of carbonyl (C=O) groups is 2. The molecule has 1 aromatic heterocycles. The predicted octanol–water partition coefficient (Wildman–Crippen LogP) is 2.12. The lowest BCUT2D eigenvalue weighted by molar-refractivity contribution is -0.121. The van der Waals surface area contributed by atoms with E-state index in [1.54, 1.807) is 12.1 Å². The SMILES string of the molecule is O=C(CNC(=O)c1cccs1)N[C@H]1CCO[C@H]1c1ccccc1. The highest BCUT2D eigenvalue weighted by molar-refractivity contribution is 7.12. The van der Waals surface area contributed by atoms with E-state index in [-0.39, 0.29) is 30.5 Å². The molecule has 120 valence electrons. The average Bonchev–Trinajstić information content (AvgIpc) is 3.25. The maximum atomic E-state index is 12.1. The molecule has 5 nitrogen and oxygen atoms in total. The smallest absolute Gasteiger partial charge is 0.261 e. The predicted molar refractivity (Wildman–Crippen MR) is 88.3 cm³/mol. The molecular formula is C17H18N2O3S. The summed E-state index contributed by atoms with van der Waals surface area (Å²) in [5.74, 6) is -0.427. The van der Waals surface area contributed by atoms with Gasteiger partial charge in [0, 0.05) is 6.61 Å². The first-order valence-corrected chi connectivity index (χ1v) is 8.39. The van der Waals surface area contributed by atoms with Crippen molar-refractivity contribution < 1.29 is 14.3 Å². The van der Waals surface area contributed by atoms with Gasteiger partial charge in [-0.3, -0.25) is 9.59 Å². The molecule has 0 unspecified atom stereocenters. The Morgan fingerprint density at radius 1 is 1.17 bits per heavy atom. The first-order valence-electron chi connectivity index (χ1n) is 7.51. The van der Waals surface area contributed by atoms with E-state index in [0.717, 1.165) is 12.0 Å². The summed E-state index contributed by atoms with van der Waals surface area (Å²) in [5, 5.41) is 7.41. The Bertz CT molecular complexity index is 658. The van der Waals surface area contributed by atoms with Crippen molar-refractivity contribution in [3.8, 4) is 0 Å². The summed E-state index contributed by atoms with van der Waals surface area (Å²) >= 11 is 1.35. The highest BCUT2D eigenvalue weighted by Crippen LogP contribution is 2.28. The van der Waals surface area contributed by atoms with Gasteiger partial charge in [-0.2, -0.15) is 0 Å². The van der Waals surface area contributed by atoms with Gasteiger partial charge in [-0.1, -0.05) is 36.4 Å². The second-order valence-electron chi connectivity index (χ2n) is 5.32. The van der Waals surface area contributed by atoms with E-state index in [2.05, 4.69) is 10.6 Å². The third-order valence-corrected chi connectivity index (χ3v) is 4.59. The summed E-state index contributed by atoms with van der Waals surface area (Å²) in [5.41, 5.74) is 1.05. The maximum absolute atomic E-state index is 12.1. The van der Waals surface area contributed by atoms with E-state index in [9.17, 15) is 9.59 Å². The number of amides is 2. The molecule has 0 aliphatic carbocycles. The molecule has 1 saturated heterocycles. The van der Waals surface area contributed by atoms with Crippen LogP contribution >= 0.6 is 11.3 Å². The molecule has 1 fully saturated rings. The monoisotopic (exact) mass is 330 g/mol. The lowest BCUT2D eigenvalue weighted by Crippen LogP contribution is -2.43. The number of hydrogen-bond donors (Lipinski definition) is 2. The lowest BCUT2D eigenvalue weighted by Gasteiger charge is -2.20. The lowest BCUT2D eigenvalue weighted by atomic mass is 10.0. The summed E-state index contributed by atoms with van der Waals surface area (Å²) in [6.07, 6.45) is 0.637. The van der Waals surface area contributed by atoms with Crippen molar-refractivity contribution in [3.05, 3.63) is 58.3 Å². The average molecular weight is 330 g/mol. The maximum Gasteiger partial charge on any atom is 0.261 e. The van der Waals surface area contributed by atoms with Gasteiger partial charge in [0.15, 0.2) is 0 Å². The Kier molecular flexibility index (Phi) is 5.05. The second kappa shape index (κ2) is 7.39. The number of hydrogen-bond acceptors (Lipinski definition) is 4. The first-order chi connectivity index (χ1) is 11.2. The number of ether oxygens (including phenoxy) is 1. The Morgan fingerprint density at radius 2 is 2.00 bits per heavy atom. The van der Waals surface area contributed by atoms with Gasteiger partial charge in [0.05, 0.1) is 17.5 Å². The van der Waals surface area contributed by atoms with Crippen LogP contribution < -0.4 is 10.6 Å². The Hall–Kier alpha value is -2.18. The largest absolute Gasteiger partial charge is 0.371 e. The Morgan fingerprint density at radius 3 is 2.74 bits per heavy atom. The molecule has 1 aliphatic rings. The zero-order valence-corrected chi connectivity index (χ0v) is 13.3. The topological polar surface area (TPSA) is 67.4 Å². The van der Waals surface area contributed by atoms with Crippen LogP contribution in [-0.2, 0) is 9.53 Å². The quantitative estimate of drug-likeness (QED) is 0.882. The molecular weight excluding hydrogens is 312 g/mol. The fourth-order valence-electron chi connectivity index (χ4n) is 2.62.